The van der Waals surface area contributed by atoms with Gasteiger partial charge in [-0.15, -0.1) is 0 Å². The van der Waals surface area contributed by atoms with Crippen LogP contribution in [0, 0.1) is 6.92 Å². The second-order valence-electron chi connectivity index (χ2n) is 4.51. The van der Waals surface area contributed by atoms with Crippen molar-refractivity contribution in [3.05, 3.63) is 52.0 Å². The molecule has 0 spiro atoms. The van der Waals surface area contributed by atoms with Crippen molar-refractivity contribution < 1.29 is 9.53 Å². The quantitative estimate of drug-likeness (QED) is 0.838. The zero-order chi connectivity index (χ0) is 15.4. The molecule has 0 atom stereocenters. The van der Waals surface area contributed by atoms with Gasteiger partial charge in [-0.25, -0.2) is 0 Å². The van der Waals surface area contributed by atoms with E-state index in [1.165, 1.54) is 12.1 Å². The van der Waals surface area contributed by atoms with Crippen molar-refractivity contribution in [1.82, 2.24) is 0 Å². The number of carbonyl (C=O) groups is 1. The number of halogens is 2. The number of aryl methyl sites for hydroxylation is 1. The van der Waals surface area contributed by atoms with E-state index < -0.39 is 0 Å². The number of anilines is 2. The largest absolute Gasteiger partial charge is 0.482 e. The molecule has 0 radical (unpaired) electrons. The Bertz CT molecular complexity index is 657. The molecule has 0 saturated carbocycles. The van der Waals surface area contributed by atoms with Crippen LogP contribution < -0.4 is 15.8 Å². The summed E-state index contributed by atoms with van der Waals surface area (Å²) in [5, 5.41) is 3.38. The molecule has 2 aromatic rings. The lowest BCUT2D eigenvalue weighted by atomic mass is 10.2. The van der Waals surface area contributed by atoms with Gasteiger partial charge in [0.2, 0.25) is 0 Å². The Morgan fingerprint density at radius 2 is 1.81 bits per heavy atom. The van der Waals surface area contributed by atoms with E-state index in [1.54, 1.807) is 0 Å². The lowest BCUT2D eigenvalue weighted by Crippen LogP contribution is -2.20. The van der Waals surface area contributed by atoms with Gasteiger partial charge in [0.05, 0.1) is 15.7 Å². The number of nitrogen functional groups attached to an aromatic ring is 1. The van der Waals surface area contributed by atoms with E-state index in [0.717, 1.165) is 5.56 Å². The van der Waals surface area contributed by atoms with Gasteiger partial charge < -0.3 is 15.8 Å². The number of benzene rings is 2. The fourth-order valence-corrected chi connectivity index (χ4v) is 1.97. The normalized spacial score (nSPS) is 10.2. The summed E-state index contributed by atoms with van der Waals surface area (Å²) in [7, 11) is 0. The smallest absolute Gasteiger partial charge is 0.262 e. The predicted molar refractivity (Wildman–Crippen MR) is 86.2 cm³/mol. The van der Waals surface area contributed by atoms with Gasteiger partial charge in [-0.2, -0.15) is 0 Å². The van der Waals surface area contributed by atoms with Gasteiger partial charge in [0, 0.05) is 11.8 Å². The molecule has 1 amide bonds. The van der Waals surface area contributed by atoms with Gasteiger partial charge in [0.25, 0.3) is 5.91 Å². The minimum atomic E-state index is -0.288. The summed E-state index contributed by atoms with van der Waals surface area (Å²) in [6.07, 6.45) is 0. The van der Waals surface area contributed by atoms with E-state index in [4.69, 9.17) is 33.7 Å². The molecule has 0 bridgehead atoms. The first-order valence-corrected chi connectivity index (χ1v) is 6.95. The second-order valence-corrected chi connectivity index (χ2v) is 5.32. The molecule has 2 rings (SSSR count). The minimum absolute atomic E-state index is 0.171. The summed E-state index contributed by atoms with van der Waals surface area (Å²) in [5.74, 6) is 0.0350. The summed E-state index contributed by atoms with van der Waals surface area (Å²) in [6.45, 7) is 1.80. The molecule has 0 aromatic heterocycles. The SMILES string of the molecule is Cc1ccc(NC(=O)COc2cc(Cl)c(Cl)cc2N)cc1. The Morgan fingerprint density at radius 3 is 2.48 bits per heavy atom. The van der Waals surface area contributed by atoms with Crippen molar-refractivity contribution in [2.75, 3.05) is 17.7 Å². The zero-order valence-electron chi connectivity index (χ0n) is 11.3. The first-order valence-electron chi connectivity index (χ1n) is 6.19. The van der Waals surface area contributed by atoms with Crippen molar-refractivity contribution >= 4 is 40.5 Å². The highest BCUT2D eigenvalue weighted by molar-refractivity contribution is 6.42. The topological polar surface area (TPSA) is 64.3 Å². The summed E-state index contributed by atoms with van der Waals surface area (Å²) in [5.41, 5.74) is 7.90. The number of rotatable bonds is 4. The first kappa shape index (κ1) is 15.5. The number of carbonyl (C=O) groups excluding carboxylic acids is 1. The maximum absolute atomic E-state index is 11.8. The van der Waals surface area contributed by atoms with Crippen LogP contribution in [0.1, 0.15) is 5.56 Å². The fraction of sp³-hybridized carbons (Fsp3) is 0.133. The van der Waals surface area contributed by atoms with Crippen LogP contribution in [0.15, 0.2) is 36.4 Å². The molecule has 0 unspecified atom stereocenters. The third-order valence-corrected chi connectivity index (χ3v) is 3.47. The average molecular weight is 325 g/mol. The molecular weight excluding hydrogens is 311 g/mol. The molecule has 4 nitrogen and oxygen atoms in total. The molecule has 0 aliphatic heterocycles. The van der Waals surface area contributed by atoms with Crippen molar-refractivity contribution in [3.8, 4) is 5.75 Å². The Labute approximate surface area is 132 Å². The van der Waals surface area contributed by atoms with E-state index >= 15 is 0 Å². The molecule has 6 heteroatoms. The average Bonchev–Trinajstić information content (AvgIpc) is 2.44. The maximum Gasteiger partial charge on any atom is 0.262 e. The Morgan fingerprint density at radius 1 is 1.19 bits per heavy atom. The molecule has 0 saturated heterocycles. The van der Waals surface area contributed by atoms with Gasteiger partial charge in [-0.3, -0.25) is 4.79 Å². The number of nitrogens with one attached hydrogen (secondary N) is 1. The Hall–Kier alpha value is -1.91. The van der Waals surface area contributed by atoms with Gasteiger partial charge in [-0.05, 0) is 25.1 Å². The van der Waals surface area contributed by atoms with Crippen LogP contribution in [0.25, 0.3) is 0 Å². The number of nitrogens with two attached hydrogens (primary N) is 1. The van der Waals surface area contributed by atoms with Crippen molar-refractivity contribution in [2.45, 2.75) is 6.92 Å². The van der Waals surface area contributed by atoms with Gasteiger partial charge in [0.15, 0.2) is 6.61 Å². The number of ether oxygens (including phenoxy) is 1. The van der Waals surface area contributed by atoms with Crippen molar-refractivity contribution in [2.24, 2.45) is 0 Å². The molecular formula is C15H14Cl2N2O2. The maximum atomic E-state index is 11.8. The summed E-state index contributed by atoms with van der Waals surface area (Å²) >= 11 is 11.7. The van der Waals surface area contributed by atoms with Crippen LogP contribution in [0.2, 0.25) is 10.0 Å². The highest BCUT2D eigenvalue weighted by Gasteiger charge is 2.09. The molecule has 21 heavy (non-hydrogen) atoms. The van der Waals surface area contributed by atoms with Crippen LogP contribution in [-0.2, 0) is 4.79 Å². The van der Waals surface area contributed by atoms with Crippen LogP contribution in [0.3, 0.4) is 0 Å². The van der Waals surface area contributed by atoms with E-state index in [1.807, 2.05) is 31.2 Å². The second kappa shape index (κ2) is 6.70. The van der Waals surface area contributed by atoms with Gasteiger partial charge in [-0.1, -0.05) is 40.9 Å². The summed E-state index contributed by atoms with van der Waals surface area (Å²) < 4.78 is 5.35. The van der Waals surface area contributed by atoms with E-state index in [9.17, 15) is 4.79 Å². The van der Waals surface area contributed by atoms with Gasteiger partial charge >= 0.3 is 0 Å². The number of hydrogen-bond acceptors (Lipinski definition) is 3. The lowest BCUT2D eigenvalue weighted by Gasteiger charge is -2.10. The third-order valence-electron chi connectivity index (χ3n) is 2.75. The molecule has 110 valence electrons. The number of hydrogen-bond donors (Lipinski definition) is 2. The Balaban J connectivity index is 1.95. The summed E-state index contributed by atoms with van der Waals surface area (Å²) in [6, 6.07) is 10.4. The highest BCUT2D eigenvalue weighted by Crippen LogP contribution is 2.32. The van der Waals surface area contributed by atoms with Crippen molar-refractivity contribution in [1.29, 1.82) is 0 Å². The monoisotopic (exact) mass is 324 g/mol. The van der Waals surface area contributed by atoms with Crippen molar-refractivity contribution in [3.63, 3.8) is 0 Å². The van der Waals surface area contributed by atoms with Crippen LogP contribution in [0.4, 0.5) is 11.4 Å². The van der Waals surface area contributed by atoms with Crippen LogP contribution >= 0.6 is 23.2 Å². The number of amides is 1. The third kappa shape index (κ3) is 4.28. The fourth-order valence-electron chi connectivity index (χ4n) is 1.65. The molecule has 3 N–H and O–H groups in total. The standard InChI is InChI=1S/C15H14Cl2N2O2/c1-9-2-4-10(5-3-9)19-15(20)8-21-14-7-12(17)11(16)6-13(14)18/h2-7H,8,18H2,1H3,(H,19,20). The van der Waals surface area contributed by atoms with E-state index in [-0.39, 0.29) is 12.5 Å². The molecule has 0 aliphatic carbocycles. The van der Waals surface area contributed by atoms with E-state index in [2.05, 4.69) is 5.32 Å². The Kier molecular flexibility index (Phi) is 4.94. The minimum Gasteiger partial charge on any atom is -0.482 e. The predicted octanol–water partition coefficient (Wildman–Crippen LogP) is 3.90. The highest BCUT2D eigenvalue weighted by atomic mass is 35.5. The van der Waals surface area contributed by atoms with Gasteiger partial charge in [0.1, 0.15) is 5.75 Å². The summed E-state index contributed by atoms with van der Waals surface area (Å²) in [4.78, 5) is 11.8. The first-order chi connectivity index (χ1) is 9.95. The molecule has 0 fully saturated rings. The van der Waals surface area contributed by atoms with E-state index in [0.29, 0.717) is 27.2 Å². The molecule has 0 heterocycles. The van der Waals surface area contributed by atoms with Crippen LogP contribution in [0.5, 0.6) is 5.75 Å². The molecule has 2 aromatic carbocycles. The lowest BCUT2D eigenvalue weighted by molar-refractivity contribution is -0.118. The zero-order valence-corrected chi connectivity index (χ0v) is 12.8. The molecule has 0 aliphatic rings. The van der Waals surface area contributed by atoms with Crippen LogP contribution in [-0.4, -0.2) is 12.5 Å².